The molecule has 1 N–H and O–H groups in total. The van der Waals surface area contributed by atoms with Gasteiger partial charge in [0, 0.05) is 17.5 Å². The molecule has 0 spiro atoms. The quantitative estimate of drug-likeness (QED) is 0.932. The lowest BCUT2D eigenvalue weighted by atomic mass is 10.1. The van der Waals surface area contributed by atoms with Gasteiger partial charge in [-0.15, -0.1) is 0 Å². The number of nitrogens with one attached hydrogen (secondary N) is 1. The van der Waals surface area contributed by atoms with E-state index < -0.39 is 18.4 Å². The first-order valence-corrected chi connectivity index (χ1v) is 7.37. The second-order valence-electron chi connectivity index (χ2n) is 5.43. The van der Waals surface area contributed by atoms with Crippen molar-refractivity contribution in [3.63, 3.8) is 0 Å². The molecule has 2 aromatic rings. The molecule has 0 fully saturated rings. The summed E-state index contributed by atoms with van der Waals surface area (Å²) in [6, 6.07) is 6.88. The first-order chi connectivity index (χ1) is 10.8. The average Bonchev–Trinajstić information content (AvgIpc) is 2.83. The first kappa shape index (κ1) is 15.7. The Hall–Kier alpha value is -2.15. The molecule has 0 aliphatic carbocycles. The molecule has 0 saturated carbocycles. The van der Waals surface area contributed by atoms with Crippen molar-refractivity contribution in [1.82, 2.24) is 15.1 Å². The number of alkyl halides is 2. The lowest BCUT2D eigenvalue weighted by Crippen LogP contribution is -2.40. The SMILES string of the molecule is CC(F)(F)CN1CCOc2c(-c3ccc(Cl)cc3)n[nH]c2C1=O. The van der Waals surface area contributed by atoms with E-state index >= 15 is 0 Å². The zero-order chi connectivity index (χ0) is 16.6. The van der Waals surface area contributed by atoms with Gasteiger partial charge in [-0.05, 0) is 12.1 Å². The summed E-state index contributed by atoms with van der Waals surface area (Å²) >= 11 is 5.86. The van der Waals surface area contributed by atoms with Crippen LogP contribution in [0.1, 0.15) is 17.4 Å². The van der Waals surface area contributed by atoms with Gasteiger partial charge in [0.25, 0.3) is 11.8 Å². The van der Waals surface area contributed by atoms with Crippen LogP contribution < -0.4 is 4.74 Å². The van der Waals surface area contributed by atoms with Gasteiger partial charge in [-0.3, -0.25) is 9.89 Å². The molecule has 0 saturated heterocycles. The summed E-state index contributed by atoms with van der Waals surface area (Å²) in [5.74, 6) is -3.25. The molecular weight excluding hydrogens is 328 g/mol. The lowest BCUT2D eigenvalue weighted by Gasteiger charge is -2.22. The molecule has 1 amide bonds. The summed E-state index contributed by atoms with van der Waals surface area (Å²) < 4.78 is 32.0. The van der Waals surface area contributed by atoms with Gasteiger partial charge < -0.3 is 9.64 Å². The smallest absolute Gasteiger partial charge is 0.276 e. The number of carbonyl (C=O) groups excluding carboxylic acids is 1. The van der Waals surface area contributed by atoms with E-state index in [-0.39, 0.29) is 24.6 Å². The third kappa shape index (κ3) is 3.29. The van der Waals surface area contributed by atoms with Crippen molar-refractivity contribution in [2.75, 3.05) is 19.7 Å². The van der Waals surface area contributed by atoms with Gasteiger partial charge in [0.2, 0.25) is 0 Å². The van der Waals surface area contributed by atoms with Crippen LogP contribution in [-0.4, -0.2) is 46.6 Å². The van der Waals surface area contributed by atoms with Gasteiger partial charge >= 0.3 is 0 Å². The van der Waals surface area contributed by atoms with E-state index in [0.29, 0.717) is 16.3 Å². The van der Waals surface area contributed by atoms with E-state index in [0.717, 1.165) is 11.8 Å². The minimum absolute atomic E-state index is 0.0803. The van der Waals surface area contributed by atoms with Crippen LogP contribution in [0, 0.1) is 0 Å². The van der Waals surface area contributed by atoms with Crippen molar-refractivity contribution < 1.29 is 18.3 Å². The van der Waals surface area contributed by atoms with Crippen molar-refractivity contribution in [1.29, 1.82) is 0 Å². The van der Waals surface area contributed by atoms with Crippen molar-refractivity contribution >= 4 is 17.5 Å². The highest BCUT2D eigenvalue weighted by molar-refractivity contribution is 6.30. The molecule has 1 aliphatic rings. The van der Waals surface area contributed by atoms with Gasteiger partial charge in [0.1, 0.15) is 12.3 Å². The van der Waals surface area contributed by atoms with E-state index in [9.17, 15) is 13.6 Å². The number of fused-ring (bicyclic) bond motifs is 1. The third-order valence-electron chi connectivity index (χ3n) is 3.42. The van der Waals surface area contributed by atoms with Crippen LogP contribution in [0.15, 0.2) is 24.3 Å². The second kappa shape index (κ2) is 5.81. The monoisotopic (exact) mass is 341 g/mol. The van der Waals surface area contributed by atoms with Crippen molar-refractivity contribution in [3.8, 4) is 17.0 Å². The van der Waals surface area contributed by atoms with Crippen LogP contribution in [0.5, 0.6) is 5.75 Å². The highest BCUT2D eigenvalue weighted by atomic mass is 35.5. The van der Waals surface area contributed by atoms with Crippen LogP contribution in [0.3, 0.4) is 0 Å². The van der Waals surface area contributed by atoms with Crippen LogP contribution in [-0.2, 0) is 0 Å². The Morgan fingerprint density at radius 1 is 1.39 bits per heavy atom. The summed E-state index contributed by atoms with van der Waals surface area (Å²) in [6.45, 7) is 0.322. The Labute approximate surface area is 136 Å². The fraction of sp³-hybridized carbons (Fsp3) is 0.333. The van der Waals surface area contributed by atoms with E-state index in [1.165, 1.54) is 0 Å². The zero-order valence-corrected chi connectivity index (χ0v) is 13.0. The molecular formula is C15H14ClF2N3O2. The van der Waals surface area contributed by atoms with Gasteiger partial charge in [-0.2, -0.15) is 5.10 Å². The molecule has 5 nitrogen and oxygen atoms in total. The molecule has 0 atom stereocenters. The van der Waals surface area contributed by atoms with Crippen LogP contribution in [0.4, 0.5) is 8.78 Å². The van der Waals surface area contributed by atoms with Crippen LogP contribution >= 0.6 is 11.6 Å². The average molecular weight is 342 g/mol. The number of carbonyl (C=O) groups is 1. The summed E-state index contributed by atoms with van der Waals surface area (Å²) in [7, 11) is 0. The van der Waals surface area contributed by atoms with E-state index in [1.54, 1.807) is 24.3 Å². The summed E-state index contributed by atoms with van der Waals surface area (Å²) in [5, 5.41) is 7.27. The molecule has 122 valence electrons. The molecule has 0 unspecified atom stereocenters. The fourth-order valence-electron chi connectivity index (χ4n) is 2.42. The van der Waals surface area contributed by atoms with E-state index in [1.807, 2.05) is 0 Å². The normalized spacial score (nSPS) is 15.1. The second-order valence-corrected chi connectivity index (χ2v) is 5.87. The lowest BCUT2D eigenvalue weighted by molar-refractivity contribution is -0.0119. The number of nitrogens with zero attached hydrogens (tertiary/aromatic N) is 2. The largest absolute Gasteiger partial charge is 0.487 e. The Morgan fingerprint density at radius 2 is 2.09 bits per heavy atom. The zero-order valence-electron chi connectivity index (χ0n) is 12.3. The van der Waals surface area contributed by atoms with Crippen molar-refractivity contribution in [2.24, 2.45) is 0 Å². The number of benzene rings is 1. The molecule has 8 heteroatoms. The number of hydrogen-bond acceptors (Lipinski definition) is 3. The Bertz CT molecular complexity index is 725. The maximum Gasteiger partial charge on any atom is 0.276 e. The molecule has 23 heavy (non-hydrogen) atoms. The van der Waals surface area contributed by atoms with Gasteiger partial charge in [0.15, 0.2) is 11.4 Å². The third-order valence-corrected chi connectivity index (χ3v) is 3.67. The number of H-pyrrole nitrogens is 1. The summed E-state index contributed by atoms with van der Waals surface area (Å²) in [6.07, 6.45) is 0. The van der Waals surface area contributed by atoms with Crippen LogP contribution in [0.2, 0.25) is 5.02 Å². The topological polar surface area (TPSA) is 58.2 Å². The van der Waals surface area contributed by atoms with E-state index in [4.69, 9.17) is 16.3 Å². The Kier molecular flexibility index (Phi) is 3.97. The molecule has 2 heterocycles. The molecule has 1 aliphatic heterocycles. The number of ether oxygens (including phenoxy) is 1. The van der Waals surface area contributed by atoms with Crippen LogP contribution in [0.25, 0.3) is 11.3 Å². The molecule has 1 aromatic heterocycles. The maximum atomic E-state index is 13.2. The standard InChI is InChI=1S/C15H14ClF2N3O2/c1-15(17,18)8-21-6-7-23-13-11(19-20-12(13)14(21)22)9-2-4-10(16)5-3-9/h2-5H,6-8H2,1H3,(H,19,20). The van der Waals surface area contributed by atoms with Gasteiger partial charge in [0.05, 0.1) is 13.1 Å². The van der Waals surface area contributed by atoms with Crippen molar-refractivity contribution in [3.05, 3.63) is 35.0 Å². The Balaban J connectivity index is 1.95. The van der Waals surface area contributed by atoms with Crippen molar-refractivity contribution in [2.45, 2.75) is 12.8 Å². The minimum atomic E-state index is -2.97. The molecule has 0 bridgehead atoms. The van der Waals surface area contributed by atoms with E-state index in [2.05, 4.69) is 10.2 Å². The number of aromatic nitrogens is 2. The number of amides is 1. The molecule has 0 radical (unpaired) electrons. The maximum absolute atomic E-state index is 13.2. The highest BCUT2D eigenvalue weighted by Gasteiger charge is 2.34. The number of halogens is 3. The van der Waals surface area contributed by atoms with Gasteiger partial charge in [-0.1, -0.05) is 23.7 Å². The predicted octanol–water partition coefficient (Wildman–Crippen LogP) is 3.22. The predicted molar refractivity (Wildman–Crippen MR) is 81.1 cm³/mol. The Morgan fingerprint density at radius 3 is 2.74 bits per heavy atom. The molecule has 3 rings (SSSR count). The highest BCUT2D eigenvalue weighted by Crippen LogP contribution is 2.34. The molecule has 1 aromatic carbocycles. The number of rotatable bonds is 3. The number of hydrogen-bond donors (Lipinski definition) is 1. The van der Waals surface area contributed by atoms with Gasteiger partial charge in [-0.25, -0.2) is 8.78 Å². The minimum Gasteiger partial charge on any atom is -0.487 e. The summed E-state index contributed by atoms with van der Waals surface area (Å²) in [4.78, 5) is 13.5. The summed E-state index contributed by atoms with van der Waals surface area (Å²) in [5.41, 5.74) is 1.25. The number of aromatic amines is 1. The first-order valence-electron chi connectivity index (χ1n) is 6.99. The fourth-order valence-corrected chi connectivity index (χ4v) is 2.55.